The Morgan fingerprint density at radius 3 is 1.79 bits per heavy atom. The monoisotopic (exact) mass is 269 g/mol. The van der Waals surface area contributed by atoms with E-state index in [2.05, 4.69) is 12.2 Å². The van der Waals surface area contributed by atoms with Gasteiger partial charge in [-0.05, 0) is 32.2 Å². The average molecular weight is 269 g/mol. The number of nitrogens with one attached hydrogen (secondary N) is 1. The summed E-state index contributed by atoms with van der Waals surface area (Å²) in [6, 6.07) is 0. The Balaban J connectivity index is 1.76. The van der Waals surface area contributed by atoms with Gasteiger partial charge in [-0.25, -0.2) is 0 Å². The molecule has 0 aliphatic heterocycles. The summed E-state index contributed by atoms with van der Waals surface area (Å²) in [6.45, 7) is 3.69. The molecule has 1 aliphatic carbocycles. The maximum absolute atomic E-state index is 9.34. The predicted octanol–water partition coefficient (Wildman–Crippen LogP) is 4.41. The summed E-state index contributed by atoms with van der Waals surface area (Å²) in [5.41, 5.74) is 0.110. The molecule has 0 saturated heterocycles. The lowest BCUT2D eigenvalue weighted by Gasteiger charge is -2.41. The summed E-state index contributed by atoms with van der Waals surface area (Å²) in [6.07, 6.45) is 17.6. The zero-order valence-electron chi connectivity index (χ0n) is 13.1. The number of hydrogen-bond acceptors (Lipinski definition) is 2. The molecule has 1 rings (SSSR count). The first-order valence-corrected chi connectivity index (χ1v) is 8.69. The molecule has 114 valence electrons. The normalized spacial score (nSPS) is 17.4. The molecule has 2 nitrogen and oxygen atoms in total. The van der Waals surface area contributed by atoms with Crippen LogP contribution in [0, 0.1) is 0 Å². The van der Waals surface area contributed by atoms with Gasteiger partial charge in [0.1, 0.15) is 0 Å². The molecule has 0 spiro atoms. The van der Waals surface area contributed by atoms with E-state index in [1.165, 1.54) is 83.5 Å². The van der Waals surface area contributed by atoms with Crippen molar-refractivity contribution < 1.29 is 5.11 Å². The van der Waals surface area contributed by atoms with Crippen molar-refractivity contribution in [3.63, 3.8) is 0 Å². The van der Waals surface area contributed by atoms with Crippen LogP contribution in [0.15, 0.2) is 0 Å². The molecule has 0 atom stereocenters. The zero-order valence-corrected chi connectivity index (χ0v) is 13.1. The second kappa shape index (κ2) is 10.7. The van der Waals surface area contributed by atoms with Gasteiger partial charge >= 0.3 is 0 Å². The van der Waals surface area contributed by atoms with Crippen molar-refractivity contribution in [2.75, 3.05) is 13.2 Å². The van der Waals surface area contributed by atoms with Crippen LogP contribution in [0.2, 0.25) is 0 Å². The molecular weight excluding hydrogens is 234 g/mol. The molecule has 0 aromatic rings. The predicted molar refractivity (Wildman–Crippen MR) is 83.5 cm³/mol. The molecule has 0 aromatic carbocycles. The van der Waals surface area contributed by atoms with Crippen LogP contribution in [-0.4, -0.2) is 23.8 Å². The van der Waals surface area contributed by atoms with Crippen molar-refractivity contribution in [3.8, 4) is 0 Å². The van der Waals surface area contributed by atoms with Crippen LogP contribution in [0.1, 0.15) is 90.4 Å². The van der Waals surface area contributed by atoms with Gasteiger partial charge in [-0.3, -0.25) is 0 Å². The molecule has 2 heteroatoms. The number of hydrogen-bond donors (Lipinski definition) is 2. The summed E-state index contributed by atoms with van der Waals surface area (Å²) >= 11 is 0. The first kappa shape index (κ1) is 17.0. The van der Waals surface area contributed by atoms with Crippen molar-refractivity contribution in [2.24, 2.45) is 0 Å². The van der Waals surface area contributed by atoms with Crippen molar-refractivity contribution in [2.45, 2.75) is 95.9 Å². The lowest BCUT2D eigenvalue weighted by molar-refractivity contribution is 0.0886. The maximum atomic E-state index is 9.34. The number of rotatable bonds is 13. The summed E-state index contributed by atoms with van der Waals surface area (Å²) in [4.78, 5) is 0. The first-order valence-electron chi connectivity index (χ1n) is 8.69. The van der Waals surface area contributed by atoms with E-state index in [1.54, 1.807) is 0 Å². The minimum Gasteiger partial charge on any atom is -0.394 e. The highest BCUT2D eigenvalue weighted by molar-refractivity contribution is 4.95. The lowest BCUT2D eigenvalue weighted by atomic mass is 9.77. The van der Waals surface area contributed by atoms with Crippen molar-refractivity contribution in [1.29, 1.82) is 0 Å². The van der Waals surface area contributed by atoms with Crippen LogP contribution < -0.4 is 5.32 Å². The van der Waals surface area contributed by atoms with Crippen molar-refractivity contribution in [3.05, 3.63) is 0 Å². The van der Waals surface area contributed by atoms with E-state index < -0.39 is 0 Å². The van der Waals surface area contributed by atoms with Gasteiger partial charge in [-0.15, -0.1) is 0 Å². The molecule has 1 fully saturated rings. The standard InChI is InChI=1S/C17H35NO/c1-2-3-4-5-6-7-8-9-10-11-15-18-17(16-19)13-12-14-17/h18-19H,2-16H2,1H3. The smallest absolute Gasteiger partial charge is 0.0613 e. The van der Waals surface area contributed by atoms with Crippen LogP contribution >= 0.6 is 0 Å². The van der Waals surface area contributed by atoms with Crippen molar-refractivity contribution >= 4 is 0 Å². The van der Waals surface area contributed by atoms with E-state index in [9.17, 15) is 5.11 Å². The second-order valence-electron chi connectivity index (χ2n) is 6.40. The Bertz CT molecular complexity index is 196. The quantitative estimate of drug-likeness (QED) is 0.485. The lowest BCUT2D eigenvalue weighted by Crippen LogP contribution is -2.54. The second-order valence-corrected chi connectivity index (χ2v) is 6.40. The first-order chi connectivity index (χ1) is 9.33. The van der Waals surface area contributed by atoms with Crippen molar-refractivity contribution in [1.82, 2.24) is 5.32 Å². The molecule has 0 bridgehead atoms. The molecule has 2 N–H and O–H groups in total. The molecular formula is C17H35NO. The minimum atomic E-state index is 0.110. The molecule has 19 heavy (non-hydrogen) atoms. The fraction of sp³-hybridized carbons (Fsp3) is 1.00. The highest BCUT2D eigenvalue weighted by Crippen LogP contribution is 2.31. The maximum Gasteiger partial charge on any atom is 0.0613 e. The van der Waals surface area contributed by atoms with E-state index in [4.69, 9.17) is 0 Å². The summed E-state index contributed by atoms with van der Waals surface area (Å²) < 4.78 is 0. The molecule has 0 unspecified atom stereocenters. The topological polar surface area (TPSA) is 32.3 Å². The SMILES string of the molecule is CCCCCCCCCCCCNC1(CO)CCC1. The Hall–Kier alpha value is -0.0800. The summed E-state index contributed by atoms with van der Waals surface area (Å²) in [7, 11) is 0. The largest absolute Gasteiger partial charge is 0.394 e. The summed E-state index contributed by atoms with van der Waals surface area (Å²) in [5, 5.41) is 12.9. The van der Waals surface area contributed by atoms with E-state index in [0.717, 1.165) is 6.54 Å². The number of unbranched alkanes of at least 4 members (excludes halogenated alkanes) is 9. The van der Waals surface area contributed by atoms with Gasteiger partial charge in [0.25, 0.3) is 0 Å². The van der Waals surface area contributed by atoms with E-state index >= 15 is 0 Å². The molecule has 1 aliphatic rings. The van der Waals surface area contributed by atoms with Gasteiger partial charge < -0.3 is 10.4 Å². The van der Waals surface area contributed by atoms with Gasteiger partial charge in [0.15, 0.2) is 0 Å². The van der Waals surface area contributed by atoms with Gasteiger partial charge in [0.2, 0.25) is 0 Å². The van der Waals surface area contributed by atoms with E-state index in [-0.39, 0.29) is 5.54 Å². The van der Waals surface area contributed by atoms with Crippen LogP contribution in [0.4, 0.5) is 0 Å². The van der Waals surface area contributed by atoms with E-state index in [1.807, 2.05) is 0 Å². The van der Waals surface area contributed by atoms with Gasteiger partial charge in [0.05, 0.1) is 6.61 Å². The Morgan fingerprint density at radius 2 is 1.37 bits per heavy atom. The third-order valence-corrected chi connectivity index (χ3v) is 4.64. The van der Waals surface area contributed by atoms with Crippen LogP contribution in [-0.2, 0) is 0 Å². The molecule has 1 saturated carbocycles. The average Bonchev–Trinajstić information content (AvgIpc) is 2.38. The van der Waals surface area contributed by atoms with Crippen LogP contribution in [0.3, 0.4) is 0 Å². The third kappa shape index (κ3) is 7.31. The number of aliphatic hydroxyl groups is 1. The molecule has 0 aromatic heterocycles. The van der Waals surface area contributed by atoms with E-state index in [0.29, 0.717) is 6.61 Å². The Labute approximate surface area is 120 Å². The van der Waals surface area contributed by atoms with Gasteiger partial charge in [0, 0.05) is 5.54 Å². The highest BCUT2D eigenvalue weighted by atomic mass is 16.3. The Morgan fingerprint density at radius 1 is 0.842 bits per heavy atom. The Kier molecular flexibility index (Phi) is 9.54. The minimum absolute atomic E-state index is 0.110. The highest BCUT2D eigenvalue weighted by Gasteiger charge is 2.35. The van der Waals surface area contributed by atoms with Crippen LogP contribution in [0.5, 0.6) is 0 Å². The summed E-state index contributed by atoms with van der Waals surface area (Å²) in [5.74, 6) is 0. The third-order valence-electron chi connectivity index (χ3n) is 4.64. The number of aliphatic hydroxyl groups excluding tert-OH is 1. The zero-order chi connectivity index (χ0) is 13.8. The fourth-order valence-electron chi connectivity index (χ4n) is 2.96. The molecule has 0 amide bonds. The molecule has 0 heterocycles. The van der Waals surface area contributed by atoms with Crippen LogP contribution in [0.25, 0.3) is 0 Å². The van der Waals surface area contributed by atoms with Gasteiger partial charge in [-0.1, -0.05) is 64.7 Å². The van der Waals surface area contributed by atoms with Gasteiger partial charge in [-0.2, -0.15) is 0 Å². The molecule has 0 radical (unpaired) electrons. The fourth-order valence-corrected chi connectivity index (χ4v) is 2.96.